The molecule has 0 aliphatic carbocycles. The van der Waals surface area contributed by atoms with Gasteiger partial charge in [0.25, 0.3) is 5.69 Å². The third-order valence-electron chi connectivity index (χ3n) is 2.92. The largest absolute Gasteiger partial charge is 0.395 e. The number of nitrogen functional groups attached to an aromatic ring is 1. The van der Waals surface area contributed by atoms with Crippen LogP contribution in [0, 0.1) is 10.1 Å². The van der Waals surface area contributed by atoms with Gasteiger partial charge in [0.1, 0.15) is 5.69 Å². The second-order valence-corrected chi connectivity index (χ2v) is 4.54. The minimum Gasteiger partial charge on any atom is -0.395 e. The highest BCUT2D eigenvalue weighted by atomic mass is 16.6. The van der Waals surface area contributed by atoms with Crippen LogP contribution in [0.15, 0.2) is 18.2 Å². The Morgan fingerprint density at radius 1 is 1.53 bits per heavy atom. The first-order valence-electron chi connectivity index (χ1n) is 6.08. The molecular weight excluding hydrogens is 248 g/mol. The average Bonchev–Trinajstić information content (AvgIpc) is 2.37. The third-order valence-corrected chi connectivity index (χ3v) is 2.92. The Labute approximate surface area is 112 Å². The Morgan fingerprint density at radius 3 is 2.68 bits per heavy atom. The summed E-state index contributed by atoms with van der Waals surface area (Å²) in [6.45, 7) is 5.30. The molecule has 0 aliphatic rings. The van der Waals surface area contributed by atoms with Crippen molar-refractivity contribution in [2.45, 2.75) is 26.4 Å². The summed E-state index contributed by atoms with van der Waals surface area (Å²) in [4.78, 5) is 12.4. The lowest BCUT2D eigenvalue weighted by Crippen LogP contribution is -2.32. The molecule has 0 atom stereocenters. The van der Waals surface area contributed by atoms with Crippen LogP contribution in [-0.2, 0) is 6.54 Å². The first-order chi connectivity index (χ1) is 8.99. The van der Waals surface area contributed by atoms with E-state index in [0.717, 1.165) is 5.56 Å². The molecule has 0 bridgehead atoms. The molecule has 19 heavy (non-hydrogen) atoms. The molecule has 0 saturated carbocycles. The molecular formula is C12H20N4O3. The predicted octanol–water partition coefficient (Wildman–Crippen LogP) is 1.08. The Hall–Kier alpha value is -1.70. The second kappa shape index (κ2) is 7.03. The van der Waals surface area contributed by atoms with E-state index in [9.17, 15) is 10.1 Å². The Kier molecular flexibility index (Phi) is 5.68. The second-order valence-electron chi connectivity index (χ2n) is 4.54. The van der Waals surface area contributed by atoms with Gasteiger partial charge < -0.3 is 10.5 Å². The molecule has 7 nitrogen and oxygen atoms in total. The molecule has 0 heterocycles. The van der Waals surface area contributed by atoms with Gasteiger partial charge in [-0.05, 0) is 25.5 Å². The number of rotatable bonds is 7. The zero-order valence-electron chi connectivity index (χ0n) is 11.2. The Balaban J connectivity index is 2.92. The number of hydrazine groups is 1. The maximum atomic E-state index is 10.8. The summed E-state index contributed by atoms with van der Waals surface area (Å²) in [5.41, 5.74) is 3.48. The van der Waals surface area contributed by atoms with Crippen LogP contribution in [0.4, 0.5) is 11.4 Å². The Bertz CT molecular complexity index is 437. The SMILES string of the molecule is CC(C)N(CCO)Cc1ccc([N+](=O)[O-])c(NN)c1. The van der Waals surface area contributed by atoms with Crippen LogP contribution in [0.5, 0.6) is 0 Å². The number of hydrogen-bond donors (Lipinski definition) is 3. The van der Waals surface area contributed by atoms with Crippen LogP contribution in [0.25, 0.3) is 0 Å². The van der Waals surface area contributed by atoms with E-state index in [1.54, 1.807) is 12.1 Å². The molecule has 0 amide bonds. The van der Waals surface area contributed by atoms with Gasteiger partial charge in [-0.2, -0.15) is 0 Å². The normalized spacial score (nSPS) is 11.1. The highest BCUT2D eigenvalue weighted by Gasteiger charge is 2.15. The summed E-state index contributed by atoms with van der Waals surface area (Å²) in [6.07, 6.45) is 0. The fraction of sp³-hybridized carbons (Fsp3) is 0.500. The van der Waals surface area contributed by atoms with Crippen molar-refractivity contribution in [2.75, 3.05) is 18.6 Å². The van der Waals surface area contributed by atoms with E-state index < -0.39 is 4.92 Å². The fourth-order valence-electron chi connectivity index (χ4n) is 1.84. The molecule has 106 valence electrons. The molecule has 0 unspecified atom stereocenters. The molecule has 0 spiro atoms. The number of nitro groups is 1. The lowest BCUT2D eigenvalue weighted by Gasteiger charge is -2.25. The zero-order valence-corrected chi connectivity index (χ0v) is 11.2. The first-order valence-corrected chi connectivity index (χ1v) is 6.08. The van der Waals surface area contributed by atoms with Crippen molar-refractivity contribution in [2.24, 2.45) is 5.84 Å². The molecule has 1 aromatic rings. The molecule has 1 aromatic carbocycles. The summed E-state index contributed by atoms with van der Waals surface area (Å²) in [7, 11) is 0. The van der Waals surface area contributed by atoms with E-state index in [0.29, 0.717) is 13.1 Å². The van der Waals surface area contributed by atoms with Gasteiger partial charge in [0.15, 0.2) is 0 Å². The fourth-order valence-corrected chi connectivity index (χ4v) is 1.84. The van der Waals surface area contributed by atoms with Crippen LogP contribution in [0.2, 0.25) is 0 Å². The first kappa shape index (κ1) is 15.4. The highest BCUT2D eigenvalue weighted by molar-refractivity contribution is 5.62. The quantitative estimate of drug-likeness (QED) is 0.388. The minimum atomic E-state index is -0.479. The smallest absolute Gasteiger partial charge is 0.293 e. The van der Waals surface area contributed by atoms with Gasteiger partial charge in [-0.15, -0.1) is 0 Å². The van der Waals surface area contributed by atoms with Crippen LogP contribution in [-0.4, -0.2) is 34.1 Å². The average molecular weight is 268 g/mol. The maximum absolute atomic E-state index is 10.8. The number of nitrogens with two attached hydrogens (primary N) is 1. The van der Waals surface area contributed by atoms with Crippen LogP contribution < -0.4 is 11.3 Å². The van der Waals surface area contributed by atoms with Crippen molar-refractivity contribution in [3.05, 3.63) is 33.9 Å². The summed E-state index contributed by atoms with van der Waals surface area (Å²) >= 11 is 0. The van der Waals surface area contributed by atoms with Crippen molar-refractivity contribution in [1.29, 1.82) is 0 Å². The van der Waals surface area contributed by atoms with Gasteiger partial charge in [0.2, 0.25) is 0 Å². The van der Waals surface area contributed by atoms with Gasteiger partial charge in [-0.3, -0.25) is 20.9 Å². The van der Waals surface area contributed by atoms with Crippen LogP contribution in [0.1, 0.15) is 19.4 Å². The number of aliphatic hydroxyl groups excluding tert-OH is 1. The predicted molar refractivity (Wildman–Crippen MR) is 73.5 cm³/mol. The van der Waals surface area contributed by atoms with E-state index in [2.05, 4.69) is 10.3 Å². The van der Waals surface area contributed by atoms with E-state index >= 15 is 0 Å². The number of anilines is 1. The molecule has 0 fully saturated rings. The third kappa shape index (κ3) is 4.16. The van der Waals surface area contributed by atoms with E-state index in [4.69, 9.17) is 10.9 Å². The number of aliphatic hydroxyl groups is 1. The van der Waals surface area contributed by atoms with Crippen molar-refractivity contribution in [1.82, 2.24) is 4.90 Å². The molecule has 1 rings (SSSR count). The van der Waals surface area contributed by atoms with E-state index in [1.165, 1.54) is 6.07 Å². The summed E-state index contributed by atoms with van der Waals surface area (Å²) < 4.78 is 0. The number of hydrogen-bond acceptors (Lipinski definition) is 6. The van der Waals surface area contributed by atoms with E-state index in [1.807, 2.05) is 13.8 Å². The summed E-state index contributed by atoms with van der Waals surface area (Å²) in [6, 6.07) is 5.06. The number of benzene rings is 1. The van der Waals surface area contributed by atoms with Crippen molar-refractivity contribution in [3.8, 4) is 0 Å². The minimum absolute atomic E-state index is 0.0514. The number of nitrogens with one attached hydrogen (secondary N) is 1. The van der Waals surface area contributed by atoms with Crippen molar-refractivity contribution < 1.29 is 10.0 Å². The van der Waals surface area contributed by atoms with Gasteiger partial charge in [-0.25, -0.2) is 0 Å². The topological polar surface area (TPSA) is 105 Å². The molecule has 4 N–H and O–H groups in total. The van der Waals surface area contributed by atoms with Gasteiger partial charge in [0, 0.05) is 25.2 Å². The monoisotopic (exact) mass is 268 g/mol. The van der Waals surface area contributed by atoms with E-state index in [-0.39, 0.29) is 24.0 Å². The van der Waals surface area contributed by atoms with Crippen LogP contribution in [0.3, 0.4) is 0 Å². The van der Waals surface area contributed by atoms with Gasteiger partial charge >= 0.3 is 0 Å². The van der Waals surface area contributed by atoms with Gasteiger partial charge in [0.05, 0.1) is 11.5 Å². The lowest BCUT2D eigenvalue weighted by atomic mass is 10.1. The van der Waals surface area contributed by atoms with Gasteiger partial charge in [-0.1, -0.05) is 6.07 Å². The molecule has 7 heteroatoms. The molecule has 0 radical (unpaired) electrons. The van der Waals surface area contributed by atoms with Crippen molar-refractivity contribution >= 4 is 11.4 Å². The zero-order chi connectivity index (χ0) is 14.4. The molecule has 0 aliphatic heterocycles. The maximum Gasteiger partial charge on any atom is 0.293 e. The lowest BCUT2D eigenvalue weighted by molar-refractivity contribution is -0.384. The Morgan fingerprint density at radius 2 is 2.21 bits per heavy atom. The summed E-state index contributed by atoms with van der Waals surface area (Å²) in [5, 5.41) is 19.8. The molecule has 0 saturated heterocycles. The van der Waals surface area contributed by atoms with Crippen molar-refractivity contribution in [3.63, 3.8) is 0 Å². The van der Waals surface area contributed by atoms with Crippen LogP contribution >= 0.6 is 0 Å². The summed E-state index contributed by atoms with van der Waals surface area (Å²) in [5.74, 6) is 5.30. The highest BCUT2D eigenvalue weighted by Crippen LogP contribution is 2.25. The number of nitrogens with zero attached hydrogens (tertiary/aromatic N) is 2. The number of nitro benzene ring substituents is 1. The molecule has 0 aromatic heterocycles. The standard InChI is InChI=1S/C12H20N4O3/c1-9(2)15(5-6-17)8-10-3-4-12(16(18)19)11(7-10)14-13/h3-4,7,9,14,17H,5-6,8,13H2,1-2H3.